The minimum Gasteiger partial charge on any atom is -0.462 e. The lowest BCUT2D eigenvalue weighted by Crippen LogP contribution is -2.33. The summed E-state index contributed by atoms with van der Waals surface area (Å²) in [4.78, 5) is 11.9. The van der Waals surface area contributed by atoms with E-state index in [0.29, 0.717) is 25.3 Å². The molecule has 0 aromatic heterocycles. The molecule has 1 N–H and O–H groups in total. The topological polar surface area (TPSA) is 75.7 Å². The summed E-state index contributed by atoms with van der Waals surface area (Å²) in [6.07, 6.45) is 1.93. The van der Waals surface area contributed by atoms with Crippen molar-refractivity contribution in [3.8, 4) is 0 Å². The zero-order chi connectivity index (χ0) is 16.5. The summed E-state index contributed by atoms with van der Waals surface area (Å²) in [5.41, 5.74) is 0.460. The van der Waals surface area contributed by atoms with Crippen molar-refractivity contribution in [2.45, 2.75) is 24.7 Å². The summed E-state index contributed by atoms with van der Waals surface area (Å²) in [6.45, 7) is 5.01. The molecule has 0 bridgehead atoms. The van der Waals surface area contributed by atoms with Gasteiger partial charge in [0.2, 0.25) is 10.0 Å². The highest BCUT2D eigenvalue weighted by atomic mass is 32.2. The molecule has 2 heterocycles. The Morgan fingerprint density at radius 3 is 2.65 bits per heavy atom. The average Bonchev–Trinajstić information content (AvgIpc) is 3.18. The van der Waals surface area contributed by atoms with Crippen LogP contribution in [-0.4, -0.2) is 51.5 Å². The Morgan fingerprint density at radius 2 is 2.04 bits per heavy atom. The highest BCUT2D eigenvalue weighted by molar-refractivity contribution is 7.89. The lowest BCUT2D eigenvalue weighted by molar-refractivity contribution is 0.0526. The second-order valence-corrected chi connectivity index (χ2v) is 8.20. The molecule has 2 saturated heterocycles. The van der Waals surface area contributed by atoms with Crippen LogP contribution in [0.5, 0.6) is 0 Å². The number of sulfonamides is 1. The maximum Gasteiger partial charge on any atom is 0.338 e. The van der Waals surface area contributed by atoms with Gasteiger partial charge in [0.05, 0.1) is 17.1 Å². The molecule has 1 atom stereocenters. The van der Waals surface area contributed by atoms with Crippen molar-refractivity contribution in [1.29, 1.82) is 0 Å². The van der Waals surface area contributed by atoms with Crippen LogP contribution in [0, 0.1) is 5.41 Å². The fraction of sp³-hybridized carbons (Fsp3) is 0.562. The molecule has 0 aliphatic carbocycles. The van der Waals surface area contributed by atoms with Crippen LogP contribution in [0.1, 0.15) is 30.1 Å². The van der Waals surface area contributed by atoms with Gasteiger partial charge in [0.1, 0.15) is 0 Å². The lowest BCUT2D eigenvalue weighted by Gasteiger charge is -2.22. The van der Waals surface area contributed by atoms with Crippen LogP contribution in [0.4, 0.5) is 0 Å². The number of hydrogen-bond donors (Lipinski definition) is 1. The third kappa shape index (κ3) is 3.13. The number of nitrogens with one attached hydrogen (secondary N) is 1. The first-order valence-electron chi connectivity index (χ1n) is 7.95. The fourth-order valence-corrected chi connectivity index (χ4v) is 4.92. The van der Waals surface area contributed by atoms with Crippen LogP contribution in [0.2, 0.25) is 0 Å². The summed E-state index contributed by atoms with van der Waals surface area (Å²) in [6, 6.07) is 5.99. The van der Waals surface area contributed by atoms with Gasteiger partial charge in [0.15, 0.2) is 0 Å². The number of rotatable bonds is 4. The normalized spacial score (nSPS) is 25.1. The second kappa shape index (κ2) is 6.22. The highest BCUT2D eigenvalue weighted by Gasteiger charge is 2.44. The lowest BCUT2D eigenvalue weighted by atomic mass is 9.87. The number of benzene rings is 1. The third-order valence-electron chi connectivity index (χ3n) is 4.74. The average molecular weight is 338 g/mol. The first-order chi connectivity index (χ1) is 11.0. The van der Waals surface area contributed by atoms with Gasteiger partial charge in [-0.05, 0) is 56.0 Å². The SMILES string of the molecule is CCOC(=O)c1ccc(S(=O)(=O)N2CCC3(CCNC3)C2)cc1. The van der Waals surface area contributed by atoms with Crippen LogP contribution in [0.3, 0.4) is 0 Å². The molecule has 23 heavy (non-hydrogen) atoms. The van der Waals surface area contributed by atoms with Gasteiger partial charge in [-0.1, -0.05) is 0 Å². The van der Waals surface area contributed by atoms with Gasteiger partial charge < -0.3 is 10.1 Å². The van der Waals surface area contributed by atoms with Gasteiger partial charge in [-0.3, -0.25) is 0 Å². The molecule has 126 valence electrons. The van der Waals surface area contributed by atoms with E-state index in [1.54, 1.807) is 11.2 Å². The molecular weight excluding hydrogens is 316 g/mol. The highest BCUT2D eigenvalue weighted by Crippen LogP contribution is 2.38. The molecule has 1 aromatic carbocycles. The molecule has 1 unspecified atom stereocenters. The zero-order valence-electron chi connectivity index (χ0n) is 13.2. The number of hydrogen-bond acceptors (Lipinski definition) is 5. The third-order valence-corrected chi connectivity index (χ3v) is 6.60. The molecule has 0 saturated carbocycles. The second-order valence-electron chi connectivity index (χ2n) is 6.26. The van der Waals surface area contributed by atoms with E-state index in [0.717, 1.165) is 25.9 Å². The first kappa shape index (κ1) is 16.4. The van der Waals surface area contributed by atoms with Crippen LogP contribution >= 0.6 is 0 Å². The van der Waals surface area contributed by atoms with Gasteiger partial charge in [-0.2, -0.15) is 4.31 Å². The van der Waals surface area contributed by atoms with Crippen molar-refractivity contribution >= 4 is 16.0 Å². The van der Waals surface area contributed by atoms with Crippen LogP contribution in [0.25, 0.3) is 0 Å². The molecule has 7 heteroatoms. The van der Waals surface area contributed by atoms with Crippen molar-refractivity contribution < 1.29 is 17.9 Å². The summed E-state index contributed by atoms with van der Waals surface area (Å²) in [5.74, 6) is -0.436. The molecule has 1 aromatic rings. The Kier molecular flexibility index (Phi) is 4.44. The van der Waals surface area contributed by atoms with E-state index >= 15 is 0 Å². The first-order valence-corrected chi connectivity index (χ1v) is 9.39. The number of ether oxygens (including phenoxy) is 1. The predicted molar refractivity (Wildman–Crippen MR) is 85.7 cm³/mol. The molecule has 6 nitrogen and oxygen atoms in total. The van der Waals surface area contributed by atoms with Gasteiger partial charge in [0, 0.05) is 19.6 Å². The van der Waals surface area contributed by atoms with Crippen molar-refractivity contribution in [2.75, 3.05) is 32.8 Å². The summed E-state index contributed by atoms with van der Waals surface area (Å²) in [5, 5.41) is 3.33. The van der Waals surface area contributed by atoms with E-state index in [-0.39, 0.29) is 10.3 Å². The smallest absolute Gasteiger partial charge is 0.338 e. The molecule has 2 aliphatic rings. The zero-order valence-corrected chi connectivity index (χ0v) is 14.1. The van der Waals surface area contributed by atoms with Gasteiger partial charge in [-0.25, -0.2) is 13.2 Å². The van der Waals surface area contributed by atoms with Gasteiger partial charge >= 0.3 is 5.97 Å². The van der Waals surface area contributed by atoms with Crippen molar-refractivity contribution in [1.82, 2.24) is 9.62 Å². The molecule has 2 fully saturated rings. The van der Waals surface area contributed by atoms with Crippen LogP contribution < -0.4 is 5.32 Å². The maximum absolute atomic E-state index is 12.8. The van der Waals surface area contributed by atoms with Crippen LogP contribution in [-0.2, 0) is 14.8 Å². The fourth-order valence-electron chi connectivity index (χ4n) is 3.37. The van der Waals surface area contributed by atoms with Gasteiger partial charge in [-0.15, -0.1) is 0 Å². The number of carbonyl (C=O) groups is 1. The van der Waals surface area contributed by atoms with E-state index < -0.39 is 16.0 Å². The Hall–Kier alpha value is -1.44. The molecule has 0 radical (unpaired) electrons. The van der Waals surface area contributed by atoms with Crippen LogP contribution in [0.15, 0.2) is 29.2 Å². The molecule has 3 rings (SSSR count). The van der Waals surface area contributed by atoms with Crippen molar-refractivity contribution in [3.05, 3.63) is 29.8 Å². The monoisotopic (exact) mass is 338 g/mol. The molecular formula is C16H22N2O4S. The maximum atomic E-state index is 12.8. The van der Waals surface area contributed by atoms with E-state index in [1.807, 2.05) is 0 Å². The Bertz CT molecular complexity index is 679. The van der Waals surface area contributed by atoms with E-state index in [4.69, 9.17) is 4.74 Å². The van der Waals surface area contributed by atoms with Crippen molar-refractivity contribution in [2.24, 2.45) is 5.41 Å². The summed E-state index contributed by atoms with van der Waals surface area (Å²) >= 11 is 0. The number of nitrogens with zero attached hydrogens (tertiary/aromatic N) is 1. The minimum atomic E-state index is -3.50. The van der Waals surface area contributed by atoms with E-state index in [2.05, 4.69) is 5.32 Å². The number of esters is 1. The predicted octanol–water partition coefficient (Wildman–Crippen LogP) is 1.24. The Labute approximate surface area is 136 Å². The van der Waals surface area contributed by atoms with Crippen molar-refractivity contribution in [3.63, 3.8) is 0 Å². The summed E-state index contributed by atoms with van der Waals surface area (Å²) < 4.78 is 32.0. The molecule has 0 amide bonds. The van der Waals surface area contributed by atoms with E-state index in [1.165, 1.54) is 24.3 Å². The van der Waals surface area contributed by atoms with E-state index in [9.17, 15) is 13.2 Å². The van der Waals surface area contributed by atoms with Gasteiger partial charge in [0.25, 0.3) is 0 Å². The Balaban J connectivity index is 1.76. The molecule has 2 aliphatic heterocycles. The Morgan fingerprint density at radius 1 is 1.30 bits per heavy atom. The largest absolute Gasteiger partial charge is 0.462 e. The summed E-state index contributed by atoms with van der Waals surface area (Å²) in [7, 11) is -3.50. The number of carbonyl (C=O) groups excluding carboxylic acids is 1. The standard InChI is InChI=1S/C16H22N2O4S/c1-2-22-15(19)13-3-5-14(6-4-13)23(20,21)18-10-8-16(12-18)7-9-17-11-16/h3-6,17H,2,7-12H2,1H3. The molecule has 1 spiro atoms. The quantitative estimate of drug-likeness (QED) is 0.836. The minimum absolute atomic E-state index is 0.0952.